The van der Waals surface area contributed by atoms with Gasteiger partial charge in [0, 0.05) is 32.4 Å². The van der Waals surface area contributed by atoms with E-state index in [1.54, 1.807) is 19.2 Å². The maximum atomic E-state index is 12.7. The summed E-state index contributed by atoms with van der Waals surface area (Å²) in [6.45, 7) is 8.26. The molecule has 1 N–H and O–H groups in total. The number of amides is 2. The van der Waals surface area contributed by atoms with E-state index in [0.29, 0.717) is 44.5 Å². The summed E-state index contributed by atoms with van der Waals surface area (Å²) in [5.41, 5.74) is 2.52. The zero-order valence-corrected chi connectivity index (χ0v) is 20.9. The Kier molecular flexibility index (Phi) is 9.87. The van der Waals surface area contributed by atoms with Crippen molar-refractivity contribution in [2.24, 2.45) is 5.92 Å². The zero-order chi connectivity index (χ0) is 25.9. The summed E-state index contributed by atoms with van der Waals surface area (Å²) in [6, 6.07) is 13.9. The monoisotopic (exact) mass is 491 g/mol. The fraction of sp³-hybridized carbons (Fsp3) is 0.429. The molecule has 1 saturated heterocycles. The summed E-state index contributed by atoms with van der Waals surface area (Å²) in [6.07, 6.45) is 3.21. The minimum Gasteiger partial charge on any atom is -0.497 e. The number of nitrogens with zero attached hydrogens (tertiary/aromatic N) is 2. The molecule has 1 aliphatic heterocycles. The van der Waals surface area contributed by atoms with E-state index in [4.69, 9.17) is 16.0 Å². The molecule has 0 unspecified atom stereocenters. The highest BCUT2D eigenvalue weighted by molar-refractivity contribution is 5.84. The Morgan fingerprint density at radius 2 is 1.67 bits per heavy atom. The van der Waals surface area contributed by atoms with Crippen LogP contribution < -0.4 is 10.1 Å². The van der Waals surface area contributed by atoms with Gasteiger partial charge in [-0.05, 0) is 42.9 Å². The highest BCUT2D eigenvalue weighted by Crippen LogP contribution is 2.22. The lowest BCUT2D eigenvalue weighted by Gasteiger charge is -2.32. The smallest absolute Gasteiger partial charge is 0.328 e. The van der Waals surface area contributed by atoms with E-state index in [9.17, 15) is 14.4 Å². The summed E-state index contributed by atoms with van der Waals surface area (Å²) in [5, 5.41) is 2.83. The molecule has 1 fully saturated rings. The van der Waals surface area contributed by atoms with Gasteiger partial charge in [-0.2, -0.15) is 0 Å². The number of methoxy groups -OCH3 is 2. The second-order valence-corrected chi connectivity index (χ2v) is 9.00. The van der Waals surface area contributed by atoms with Crippen molar-refractivity contribution in [2.45, 2.75) is 44.6 Å². The number of ether oxygens (including phenoxy) is 2. The third-order valence-electron chi connectivity index (χ3n) is 6.55. The van der Waals surface area contributed by atoms with Crippen LogP contribution in [0.3, 0.4) is 0 Å². The Bertz CT molecular complexity index is 1070. The number of aryl methyl sites for hydroxylation is 1. The van der Waals surface area contributed by atoms with E-state index in [2.05, 4.69) is 10.2 Å². The number of likely N-dealkylation sites (tertiary alicyclic amines) is 1. The lowest BCUT2D eigenvalue weighted by Crippen LogP contribution is -2.44. The largest absolute Gasteiger partial charge is 0.497 e. The molecule has 0 spiro atoms. The number of nitrogens with one attached hydrogen (secondary N) is 1. The molecule has 190 valence electrons. The molecule has 0 aliphatic carbocycles. The van der Waals surface area contributed by atoms with Gasteiger partial charge >= 0.3 is 5.97 Å². The number of piperidine rings is 1. The number of carbonyl (C=O) groups excluding carboxylic acids is 3. The third kappa shape index (κ3) is 7.84. The average molecular weight is 492 g/mol. The SMILES string of the molecule is [C-]#[N+]c1ccc(CCC(=O)N2CCC(CC(=O)N[C@@H](Cc3ccc(OC)cc3)C(=O)OC)CC2)cc1. The van der Waals surface area contributed by atoms with E-state index in [1.165, 1.54) is 7.11 Å². The molecule has 36 heavy (non-hydrogen) atoms. The van der Waals surface area contributed by atoms with Gasteiger partial charge in [0.25, 0.3) is 0 Å². The lowest BCUT2D eigenvalue weighted by molar-refractivity contribution is -0.145. The fourth-order valence-corrected chi connectivity index (χ4v) is 4.38. The summed E-state index contributed by atoms with van der Waals surface area (Å²) in [4.78, 5) is 42.9. The van der Waals surface area contributed by atoms with Crippen LogP contribution in [-0.4, -0.2) is 56.0 Å². The Labute approximate surface area is 212 Å². The van der Waals surface area contributed by atoms with Gasteiger partial charge in [-0.3, -0.25) is 9.59 Å². The van der Waals surface area contributed by atoms with Crippen LogP contribution in [0.25, 0.3) is 4.85 Å². The predicted octanol–water partition coefficient (Wildman–Crippen LogP) is 3.71. The van der Waals surface area contributed by atoms with Crippen molar-refractivity contribution in [1.82, 2.24) is 10.2 Å². The number of hydrogen-bond acceptors (Lipinski definition) is 5. The number of rotatable bonds is 10. The van der Waals surface area contributed by atoms with Crippen LogP contribution >= 0.6 is 0 Å². The zero-order valence-electron chi connectivity index (χ0n) is 20.9. The lowest BCUT2D eigenvalue weighted by atomic mass is 9.92. The van der Waals surface area contributed by atoms with Gasteiger partial charge in [-0.1, -0.05) is 42.0 Å². The molecule has 2 aromatic rings. The molecular formula is C28H33N3O5. The summed E-state index contributed by atoms with van der Waals surface area (Å²) < 4.78 is 10.1. The summed E-state index contributed by atoms with van der Waals surface area (Å²) in [7, 11) is 2.90. The van der Waals surface area contributed by atoms with Crippen LogP contribution in [0.2, 0.25) is 0 Å². The van der Waals surface area contributed by atoms with E-state index in [-0.39, 0.29) is 17.7 Å². The third-order valence-corrected chi connectivity index (χ3v) is 6.55. The maximum absolute atomic E-state index is 12.7. The van der Waals surface area contributed by atoms with Gasteiger partial charge in [-0.15, -0.1) is 0 Å². The van der Waals surface area contributed by atoms with Gasteiger partial charge in [0.2, 0.25) is 11.8 Å². The van der Waals surface area contributed by atoms with Crippen molar-refractivity contribution in [1.29, 1.82) is 0 Å². The Hall–Kier alpha value is -3.86. The number of esters is 1. The topological polar surface area (TPSA) is 89.3 Å². The number of carbonyl (C=O) groups is 3. The van der Waals surface area contributed by atoms with Gasteiger partial charge in [0.1, 0.15) is 11.8 Å². The Balaban J connectivity index is 1.43. The van der Waals surface area contributed by atoms with Crippen molar-refractivity contribution in [3.8, 4) is 5.75 Å². The number of hydrogen-bond donors (Lipinski definition) is 1. The first-order chi connectivity index (χ1) is 17.4. The highest BCUT2D eigenvalue weighted by atomic mass is 16.5. The van der Waals surface area contributed by atoms with Crippen molar-refractivity contribution in [3.63, 3.8) is 0 Å². The average Bonchev–Trinajstić information content (AvgIpc) is 2.92. The van der Waals surface area contributed by atoms with Gasteiger partial charge in [0.15, 0.2) is 5.69 Å². The second-order valence-electron chi connectivity index (χ2n) is 9.00. The molecule has 2 amide bonds. The van der Waals surface area contributed by atoms with Crippen molar-refractivity contribution < 1.29 is 23.9 Å². The van der Waals surface area contributed by atoms with E-state index in [1.807, 2.05) is 41.3 Å². The molecule has 8 nitrogen and oxygen atoms in total. The molecule has 1 atom stereocenters. The van der Waals surface area contributed by atoms with E-state index >= 15 is 0 Å². The van der Waals surface area contributed by atoms with E-state index in [0.717, 1.165) is 29.7 Å². The maximum Gasteiger partial charge on any atom is 0.328 e. The van der Waals surface area contributed by atoms with Gasteiger partial charge in [-0.25, -0.2) is 9.64 Å². The molecule has 1 heterocycles. The van der Waals surface area contributed by atoms with Crippen LogP contribution in [0, 0.1) is 12.5 Å². The van der Waals surface area contributed by atoms with Crippen LogP contribution in [0.5, 0.6) is 5.75 Å². The highest BCUT2D eigenvalue weighted by Gasteiger charge is 2.27. The van der Waals surface area contributed by atoms with Crippen molar-refractivity contribution in [3.05, 3.63) is 71.1 Å². The van der Waals surface area contributed by atoms with Crippen molar-refractivity contribution in [2.75, 3.05) is 27.3 Å². The molecule has 0 aromatic heterocycles. The van der Waals surface area contributed by atoms with Crippen LogP contribution in [-0.2, 0) is 32.0 Å². The van der Waals surface area contributed by atoms with Crippen molar-refractivity contribution >= 4 is 23.5 Å². The standard InChI is InChI=1S/C28H33N3O5/c1-29-23-9-4-20(5-10-23)8-13-27(33)31-16-14-22(15-17-31)19-26(32)30-25(28(34)36-3)18-21-6-11-24(35-2)12-7-21/h4-7,9-12,22,25H,8,13-19H2,2-3H3,(H,30,32)/t25-/m0/s1. The normalized spacial score (nSPS) is 14.4. The fourth-order valence-electron chi connectivity index (χ4n) is 4.38. The first-order valence-corrected chi connectivity index (χ1v) is 12.2. The Morgan fingerprint density at radius 1 is 1.03 bits per heavy atom. The molecule has 3 rings (SSSR count). The quantitative estimate of drug-likeness (QED) is 0.404. The molecular weight excluding hydrogens is 458 g/mol. The molecule has 8 heteroatoms. The molecule has 0 radical (unpaired) electrons. The summed E-state index contributed by atoms with van der Waals surface area (Å²) >= 11 is 0. The Morgan fingerprint density at radius 3 is 2.25 bits per heavy atom. The van der Waals surface area contributed by atoms with Gasteiger partial charge < -0.3 is 19.7 Å². The minimum absolute atomic E-state index is 0.109. The molecule has 0 saturated carbocycles. The van der Waals surface area contributed by atoms with Crippen LogP contribution in [0.4, 0.5) is 5.69 Å². The minimum atomic E-state index is -0.763. The molecule has 0 bridgehead atoms. The van der Waals surface area contributed by atoms with Crippen LogP contribution in [0.1, 0.15) is 36.8 Å². The van der Waals surface area contributed by atoms with E-state index < -0.39 is 12.0 Å². The molecule has 1 aliphatic rings. The first kappa shape index (κ1) is 26.7. The molecule has 2 aromatic carbocycles. The predicted molar refractivity (Wildman–Crippen MR) is 136 cm³/mol. The number of benzene rings is 2. The second kappa shape index (κ2) is 13.3. The van der Waals surface area contributed by atoms with Gasteiger partial charge in [0.05, 0.1) is 20.8 Å². The summed E-state index contributed by atoms with van der Waals surface area (Å²) in [5.74, 6) is 0.319. The first-order valence-electron chi connectivity index (χ1n) is 12.2. The van der Waals surface area contributed by atoms with Crippen LogP contribution in [0.15, 0.2) is 48.5 Å².